The van der Waals surface area contributed by atoms with Gasteiger partial charge in [-0.25, -0.2) is 0 Å². The van der Waals surface area contributed by atoms with Gasteiger partial charge in [0.1, 0.15) is 0 Å². The zero-order chi connectivity index (χ0) is 13.9. The average molecular weight is 286 g/mol. The van der Waals surface area contributed by atoms with Crippen LogP contribution in [-0.4, -0.2) is 40.5 Å². The van der Waals surface area contributed by atoms with Gasteiger partial charge in [0.15, 0.2) is 0 Å². The highest BCUT2D eigenvalue weighted by Crippen LogP contribution is 2.23. The van der Waals surface area contributed by atoms with E-state index in [-0.39, 0.29) is 0 Å². The van der Waals surface area contributed by atoms with Crippen molar-refractivity contribution in [3.63, 3.8) is 0 Å². The van der Waals surface area contributed by atoms with E-state index in [1.807, 2.05) is 19.2 Å². The maximum atomic E-state index is 6.05. The average Bonchev–Trinajstić information content (AvgIpc) is 2.41. The molecule has 0 heterocycles. The zero-order valence-electron chi connectivity index (χ0n) is 11.8. The van der Waals surface area contributed by atoms with Gasteiger partial charge in [-0.1, -0.05) is 23.7 Å². The highest BCUT2D eigenvalue weighted by molar-refractivity contribution is 6.30. The van der Waals surface area contributed by atoms with E-state index in [1.165, 1.54) is 5.56 Å². The molecule has 0 aromatic heterocycles. The molecule has 3 nitrogen and oxygen atoms in total. The Morgan fingerprint density at radius 2 is 2.11 bits per heavy atom. The molecule has 0 aliphatic heterocycles. The van der Waals surface area contributed by atoms with Crippen LogP contribution >= 0.6 is 11.6 Å². The van der Waals surface area contributed by atoms with Gasteiger partial charge in [0.2, 0.25) is 0 Å². The Morgan fingerprint density at radius 1 is 1.26 bits per heavy atom. The molecule has 108 valence electrons. The van der Waals surface area contributed by atoms with E-state index in [2.05, 4.69) is 17.4 Å². The molecule has 0 spiro atoms. The molecule has 0 fully saturated rings. The molecule has 0 bridgehead atoms. The van der Waals surface area contributed by atoms with E-state index < -0.39 is 0 Å². The molecular weight excluding hydrogens is 262 g/mol. The predicted octanol–water partition coefficient (Wildman–Crippen LogP) is 3.09. The summed E-state index contributed by atoms with van der Waals surface area (Å²) in [6.45, 7) is 3.07. The van der Waals surface area contributed by atoms with Crippen molar-refractivity contribution in [3.05, 3.63) is 34.9 Å². The van der Waals surface area contributed by atoms with Gasteiger partial charge in [0.05, 0.1) is 13.2 Å². The van der Waals surface area contributed by atoms with Crippen LogP contribution in [0.25, 0.3) is 0 Å². The Balaban J connectivity index is 2.36. The molecule has 1 atom stereocenters. The quantitative estimate of drug-likeness (QED) is 0.670. The van der Waals surface area contributed by atoms with Gasteiger partial charge in [-0.05, 0) is 43.5 Å². The normalized spacial score (nSPS) is 12.6. The van der Waals surface area contributed by atoms with Crippen molar-refractivity contribution in [1.82, 2.24) is 5.32 Å². The van der Waals surface area contributed by atoms with Crippen molar-refractivity contribution in [3.8, 4) is 0 Å². The highest BCUT2D eigenvalue weighted by atomic mass is 35.5. The molecule has 1 unspecified atom stereocenters. The van der Waals surface area contributed by atoms with Crippen LogP contribution in [0.15, 0.2) is 24.3 Å². The lowest BCUT2D eigenvalue weighted by molar-refractivity contribution is 0.0681. The SMILES string of the molecule is CNCC(CCCOCCOC)c1cccc(Cl)c1. The molecule has 0 amide bonds. The Bertz CT molecular complexity index is 347. The van der Waals surface area contributed by atoms with E-state index in [4.69, 9.17) is 21.1 Å². The van der Waals surface area contributed by atoms with Crippen LogP contribution in [0.2, 0.25) is 5.02 Å². The summed E-state index contributed by atoms with van der Waals surface area (Å²) in [6, 6.07) is 8.11. The number of hydrogen-bond donors (Lipinski definition) is 1. The summed E-state index contributed by atoms with van der Waals surface area (Å²) in [7, 11) is 3.66. The second-order valence-electron chi connectivity index (χ2n) is 4.56. The minimum absolute atomic E-state index is 0.481. The number of halogens is 1. The molecule has 1 aromatic carbocycles. The minimum Gasteiger partial charge on any atom is -0.382 e. The molecule has 0 saturated heterocycles. The molecule has 0 radical (unpaired) electrons. The molecule has 0 aliphatic rings. The first-order chi connectivity index (χ1) is 9.27. The fourth-order valence-electron chi connectivity index (χ4n) is 2.07. The Hall–Kier alpha value is -0.610. The molecule has 1 aromatic rings. The van der Waals surface area contributed by atoms with Gasteiger partial charge >= 0.3 is 0 Å². The smallest absolute Gasteiger partial charge is 0.0700 e. The fourth-order valence-corrected chi connectivity index (χ4v) is 2.27. The number of nitrogens with one attached hydrogen (secondary N) is 1. The first-order valence-corrected chi connectivity index (χ1v) is 7.12. The van der Waals surface area contributed by atoms with Crippen molar-refractivity contribution in [2.24, 2.45) is 0 Å². The van der Waals surface area contributed by atoms with Crippen LogP contribution < -0.4 is 5.32 Å². The molecule has 0 aliphatic carbocycles. The van der Waals surface area contributed by atoms with Gasteiger partial charge in [-0.3, -0.25) is 0 Å². The molecule has 1 rings (SSSR count). The number of benzene rings is 1. The lowest BCUT2D eigenvalue weighted by atomic mass is 9.94. The molecule has 19 heavy (non-hydrogen) atoms. The topological polar surface area (TPSA) is 30.5 Å². The number of methoxy groups -OCH3 is 1. The van der Waals surface area contributed by atoms with Crippen LogP contribution in [-0.2, 0) is 9.47 Å². The third-order valence-electron chi connectivity index (χ3n) is 3.04. The molecule has 4 heteroatoms. The van der Waals surface area contributed by atoms with Gasteiger partial charge in [0, 0.05) is 25.3 Å². The zero-order valence-corrected chi connectivity index (χ0v) is 12.6. The Morgan fingerprint density at radius 3 is 2.79 bits per heavy atom. The fraction of sp³-hybridized carbons (Fsp3) is 0.600. The number of ether oxygens (including phenoxy) is 2. The van der Waals surface area contributed by atoms with Crippen LogP contribution in [0, 0.1) is 0 Å². The molecular formula is C15H24ClNO2. The monoisotopic (exact) mass is 285 g/mol. The van der Waals surface area contributed by atoms with Crippen LogP contribution in [0.3, 0.4) is 0 Å². The van der Waals surface area contributed by atoms with E-state index in [0.717, 1.165) is 31.0 Å². The second kappa shape index (κ2) is 10.2. The van der Waals surface area contributed by atoms with Crippen molar-refractivity contribution in [1.29, 1.82) is 0 Å². The highest BCUT2D eigenvalue weighted by Gasteiger charge is 2.10. The summed E-state index contributed by atoms with van der Waals surface area (Å²) in [5, 5.41) is 4.04. The lowest BCUT2D eigenvalue weighted by Crippen LogP contribution is -2.18. The summed E-state index contributed by atoms with van der Waals surface area (Å²) in [6.07, 6.45) is 2.14. The first kappa shape index (κ1) is 16.4. The number of rotatable bonds is 10. The lowest BCUT2D eigenvalue weighted by Gasteiger charge is -2.17. The van der Waals surface area contributed by atoms with Crippen molar-refractivity contribution >= 4 is 11.6 Å². The van der Waals surface area contributed by atoms with E-state index in [0.29, 0.717) is 19.1 Å². The third-order valence-corrected chi connectivity index (χ3v) is 3.28. The van der Waals surface area contributed by atoms with E-state index in [1.54, 1.807) is 7.11 Å². The van der Waals surface area contributed by atoms with Crippen molar-refractivity contribution < 1.29 is 9.47 Å². The van der Waals surface area contributed by atoms with Crippen LogP contribution in [0.4, 0.5) is 0 Å². The van der Waals surface area contributed by atoms with Crippen molar-refractivity contribution in [2.45, 2.75) is 18.8 Å². The van der Waals surface area contributed by atoms with Gasteiger partial charge in [0.25, 0.3) is 0 Å². The van der Waals surface area contributed by atoms with E-state index >= 15 is 0 Å². The largest absolute Gasteiger partial charge is 0.382 e. The Kier molecular flexibility index (Phi) is 8.84. The Labute approximate surface area is 121 Å². The minimum atomic E-state index is 0.481. The standard InChI is InChI=1S/C15H24ClNO2/c1-17-12-14(6-4-8-19-10-9-18-2)13-5-3-7-15(16)11-13/h3,5,7,11,14,17H,4,6,8-10,12H2,1-2H3. The second-order valence-corrected chi connectivity index (χ2v) is 4.99. The number of hydrogen-bond acceptors (Lipinski definition) is 3. The van der Waals surface area contributed by atoms with Crippen LogP contribution in [0.1, 0.15) is 24.3 Å². The number of likely N-dealkylation sites (N-methyl/N-ethyl adjacent to an activating group) is 1. The summed E-state index contributed by atoms with van der Waals surface area (Å²) < 4.78 is 10.4. The summed E-state index contributed by atoms with van der Waals surface area (Å²) in [4.78, 5) is 0. The van der Waals surface area contributed by atoms with Crippen molar-refractivity contribution in [2.75, 3.05) is 40.5 Å². The maximum absolute atomic E-state index is 6.05. The van der Waals surface area contributed by atoms with Gasteiger partial charge in [-0.2, -0.15) is 0 Å². The summed E-state index contributed by atoms with van der Waals surface area (Å²) >= 11 is 6.05. The summed E-state index contributed by atoms with van der Waals surface area (Å²) in [5.41, 5.74) is 1.29. The predicted molar refractivity (Wildman–Crippen MR) is 80.0 cm³/mol. The maximum Gasteiger partial charge on any atom is 0.0700 e. The van der Waals surface area contributed by atoms with E-state index in [9.17, 15) is 0 Å². The first-order valence-electron chi connectivity index (χ1n) is 6.74. The summed E-state index contributed by atoms with van der Waals surface area (Å²) in [5.74, 6) is 0.481. The molecule has 0 saturated carbocycles. The third kappa shape index (κ3) is 6.92. The van der Waals surface area contributed by atoms with Gasteiger partial charge < -0.3 is 14.8 Å². The van der Waals surface area contributed by atoms with Gasteiger partial charge in [-0.15, -0.1) is 0 Å². The molecule has 1 N–H and O–H groups in total. The van der Waals surface area contributed by atoms with Crippen LogP contribution in [0.5, 0.6) is 0 Å².